The van der Waals surface area contributed by atoms with Gasteiger partial charge in [-0.2, -0.15) is 0 Å². The van der Waals surface area contributed by atoms with Gasteiger partial charge in [-0.3, -0.25) is 4.79 Å². The van der Waals surface area contributed by atoms with E-state index in [2.05, 4.69) is 5.32 Å². The quantitative estimate of drug-likeness (QED) is 0.799. The third kappa shape index (κ3) is 2.93. The van der Waals surface area contributed by atoms with E-state index in [-0.39, 0.29) is 11.7 Å². The third-order valence-electron chi connectivity index (χ3n) is 3.09. The Bertz CT molecular complexity index is 458. The van der Waals surface area contributed by atoms with E-state index >= 15 is 0 Å². The summed E-state index contributed by atoms with van der Waals surface area (Å²) < 4.78 is 12.8. The summed E-state index contributed by atoms with van der Waals surface area (Å²) >= 11 is 0. The molecule has 0 heterocycles. The maximum Gasteiger partial charge on any atom is 0.247 e. The molecule has 3 heteroatoms. The maximum absolute atomic E-state index is 12.8. The Morgan fingerprint density at radius 3 is 2.35 bits per heavy atom. The third-order valence-corrected chi connectivity index (χ3v) is 3.09. The van der Waals surface area contributed by atoms with Crippen LogP contribution in [0.25, 0.3) is 5.57 Å². The molecule has 1 N–H and O–H groups in total. The first kappa shape index (κ1) is 11.8. The van der Waals surface area contributed by atoms with E-state index in [1.807, 2.05) is 6.92 Å². The topological polar surface area (TPSA) is 29.1 Å². The lowest BCUT2D eigenvalue weighted by Gasteiger charge is -2.08. The van der Waals surface area contributed by atoms with Crippen LogP contribution in [-0.2, 0) is 4.79 Å². The fourth-order valence-electron chi connectivity index (χ4n) is 1.61. The number of amides is 1. The number of allylic oxidation sites excluding steroid dienone is 1. The lowest BCUT2D eigenvalue weighted by molar-refractivity contribution is -0.117. The van der Waals surface area contributed by atoms with Gasteiger partial charge in [-0.05, 0) is 50.0 Å². The van der Waals surface area contributed by atoms with Crippen LogP contribution in [0, 0.1) is 5.82 Å². The molecule has 1 aliphatic rings. The first-order valence-corrected chi connectivity index (χ1v) is 5.82. The van der Waals surface area contributed by atoms with E-state index in [1.165, 1.54) is 12.1 Å². The minimum Gasteiger partial charge on any atom is -0.350 e. The van der Waals surface area contributed by atoms with E-state index in [0.717, 1.165) is 24.0 Å². The number of hydrogen-bond acceptors (Lipinski definition) is 1. The molecule has 2 nitrogen and oxygen atoms in total. The number of carbonyl (C=O) groups excluding carboxylic acids is 1. The van der Waals surface area contributed by atoms with Crippen LogP contribution in [0.4, 0.5) is 4.39 Å². The van der Waals surface area contributed by atoms with Gasteiger partial charge in [0.2, 0.25) is 5.91 Å². The van der Waals surface area contributed by atoms with Gasteiger partial charge in [0.1, 0.15) is 5.82 Å². The molecule has 0 aliphatic heterocycles. The van der Waals surface area contributed by atoms with Crippen LogP contribution >= 0.6 is 0 Å². The van der Waals surface area contributed by atoms with Crippen molar-refractivity contribution in [1.29, 1.82) is 0 Å². The Labute approximate surface area is 101 Å². The van der Waals surface area contributed by atoms with Crippen LogP contribution in [0.2, 0.25) is 0 Å². The van der Waals surface area contributed by atoms with Gasteiger partial charge in [-0.15, -0.1) is 0 Å². The zero-order valence-corrected chi connectivity index (χ0v) is 10.1. The standard InChI is InChI=1S/C14H16FNO/c1-9(11-3-5-12(15)6-4-11)10(2)14(17)16-13-7-8-13/h3-6,13H,7-8H2,1-2H3,(H,16,17). The van der Waals surface area contributed by atoms with Crippen molar-refractivity contribution in [3.8, 4) is 0 Å². The summed E-state index contributed by atoms with van der Waals surface area (Å²) in [6.45, 7) is 3.69. The van der Waals surface area contributed by atoms with E-state index < -0.39 is 0 Å². The molecule has 1 amide bonds. The van der Waals surface area contributed by atoms with Crippen molar-refractivity contribution in [3.63, 3.8) is 0 Å². The van der Waals surface area contributed by atoms with Crippen molar-refractivity contribution < 1.29 is 9.18 Å². The monoisotopic (exact) mass is 233 g/mol. The Hall–Kier alpha value is -1.64. The molecule has 0 spiro atoms. The second-order valence-electron chi connectivity index (χ2n) is 4.50. The minimum atomic E-state index is -0.262. The van der Waals surface area contributed by atoms with E-state index in [1.54, 1.807) is 19.1 Å². The molecule has 17 heavy (non-hydrogen) atoms. The molecule has 0 aromatic heterocycles. The highest BCUT2D eigenvalue weighted by Gasteiger charge is 2.24. The van der Waals surface area contributed by atoms with Crippen LogP contribution in [-0.4, -0.2) is 11.9 Å². The predicted molar refractivity (Wildman–Crippen MR) is 65.8 cm³/mol. The number of carbonyl (C=O) groups is 1. The molecular weight excluding hydrogens is 217 g/mol. The van der Waals surface area contributed by atoms with Gasteiger partial charge < -0.3 is 5.32 Å². The van der Waals surface area contributed by atoms with Gasteiger partial charge >= 0.3 is 0 Å². The first-order valence-electron chi connectivity index (χ1n) is 5.82. The highest BCUT2D eigenvalue weighted by atomic mass is 19.1. The summed E-state index contributed by atoms with van der Waals surface area (Å²) in [5, 5.41) is 2.94. The number of halogens is 1. The summed E-state index contributed by atoms with van der Waals surface area (Å²) in [5.41, 5.74) is 2.47. The van der Waals surface area contributed by atoms with Crippen LogP contribution in [0.15, 0.2) is 29.8 Å². The molecule has 1 fully saturated rings. The molecule has 1 aromatic rings. The second kappa shape index (κ2) is 4.70. The molecule has 2 rings (SSSR count). The van der Waals surface area contributed by atoms with E-state index in [4.69, 9.17) is 0 Å². The molecule has 0 unspecified atom stereocenters. The largest absolute Gasteiger partial charge is 0.350 e. The zero-order chi connectivity index (χ0) is 12.4. The summed E-state index contributed by atoms with van der Waals surface area (Å²) in [6.07, 6.45) is 2.16. The lowest BCUT2D eigenvalue weighted by Crippen LogP contribution is -2.26. The van der Waals surface area contributed by atoms with Crippen LogP contribution in [0.3, 0.4) is 0 Å². The van der Waals surface area contributed by atoms with Crippen molar-refractivity contribution in [2.75, 3.05) is 0 Å². The molecule has 90 valence electrons. The number of rotatable bonds is 3. The van der Waals surface area contributed by atoms with Gasteiger partial charge in [0.15, 0.2) is 0 Å². The minimum absolute atomic E-state index is 0.0191. The molecule has 1 saturated carbocycles. The SMILES string of the molecule is CC(C(=O)NC1CC1)=C(C)c1ccc(F)cc1. The molecule has 0 bridgehead atoms. The van der Waals surface area contributed by atoms with Crippen molar-refractivity contribution in [1.82, 2.24) is 5.32 Å². The average molecular weight is 233 g/mol. The summed E-state index contributed by atoms with van der Waals surface area (Å²) in [6, 6.07) is 6.56. The van der Waals surface area contributed by atoms with Crippen molar-refractivity contribution in [3.05, 3.63) is 41.2 Å². The highest BCUT2D eigenvalue weighted by Crippen LogP contribution is 2.22. The second-order valence-corrected chi connectivity index (χ2v) is 4.50. The Balaban J connectivity index is 2.17. The van der Waals surface area contributed by atoms with Gasteiger partial charge in [0.25, 0.3) is 0 Å². The van der Waals surface area contributed by atoms with Gasteiger partial charge in [-0.1, -0.05) is 12.1 Å². The van der Waals surface area contributed by atoms with Crippen molar-refractivity contribution in [2.45, 2.75) is 32.7 Å². The summed E-state index contributed by atoms with van der Waals surface area (Å²) in [5.74, 6) is -0.282. The van der Waals surface area contributed by atoms with Gasteiger partial charge in [0, 0.05) is 11.6 Å². The highest BCUT2D eigenvalue weighted by molar-refractivity contribution is 6.00. The fraction of sp³-hybridized carbons (Fsp3) is 0.357. The van der Waals surface area contributed by atoms with E-state index in [9.17, 15) is 9.18 Å². The van der Waals surface area contributed by atoms with Crippen LogP contribution in [0.5, 0.6) is 0 Å². The summed E-state index contributed by atoms with van der Waals surface area (Å²) in [4.78, 5) is 11.8. The Morgan fingerprint density at radius 1 is 1.24 bits per heavy atom. The van der Waals surface area contributed by atoms with Crippen molar-refractivity contribution >= 4 is 11.5 Å². The maximum atomic E-state index is 12.8. The Kier molecular flexibility index (Phi) is 3.27. The molecule has 0 radical (unpaired) electrons. The average Bonchev–Trinajstić information content (AvgIpc) is 3.12. The molecular formula is C14H16FNO. The zero-order valence-electron chi connectivity index (χ0n) is 10.1. The van der Waals surface area contributed by atoms with Crippen LogP contribution in [0.1, 0.15) is 32.3 Å². The van der Waals surface area contributed by atoms with Gasteiger partial charge in [0.05, 0.1) is 0 Å². The lowest BCUT2D eigenvalue weighted by atomic mass is 10.0. The molecule has 0 atom stereocenters. The predicted octanol–water partition coefficient (Wildman–Crippen LogP) is 2.90. The first-order chi connectivity index (χ1) is 8.08. The van der Waals surface area contributed by atoms with E-state index in [0.29, 0.717) is 11.6 Å². The molecule has 1 aliphatic carbocycles. The molecule has 1 aromatic carbocycles. The molecule has 0 saturated heterocycles. The van der Waals surface area contributed by atoms with Crippen molar-refractivity contribution in [2.24, 2.45) is 0 Å². The number of nitrogens with one attached hydrogen (secondary N) is 1. The number of hydrogen-bond donors (Lipinski definition) is 1. The van der Waals surface area contributed by atoms with Gasteiger partial charge in [-0.25, -0.2) is 4.39 Å². The Morgan fingerprint density at radius 2 is 1.82 bits per heavy atom. The fourth-order valence-corrected chi connectivity index (χ4v) is 1.61. The normalized spacial score (nSPS) is 16.4. The number of benzene rings is 1. The summed E-state index contributed by atoms with van der Waals surface area (Å²) in [7, 11) is 0. The smallest absolute Gasteiger partial charge is 0.247 e. The van der Waals surface area contributed by atoms with Crippen LogP contribution < -0.4 is 5.32 Å².